The molecule has 1 atom stereocenters. The van der Waals surface area contributed by atoms with E-state index in [1.807, 2.05) is 30.3 Å². The van der Waals surface area contributed by atoms with Crippen molar-refractivity contribution in [2.24, 2.45) is 0 Å². The zero-order chi connectivity index (χ0) is 22.0. The third kappa shape index (κ3) is 12.0. The maximum absolute atomic E-state index is 10.5. The molecule has 0 aliphatic rings. The van der Waals surface area contributed by atoms with Gasteiger partial charge in [-0.1, -0.05) is 127 Å². The molecule has 0 bridgehead atoms. The average molecular weight is 424 g/mol. The van der Waals surface area contributed by atoms with E-state index in [4.69, 9.17) is 0 Å². The van der Waals surface area contributed by atoms with Crippen LogP contribution in [-0.4, -0.2) is 5.11 Å². The molecule has 0 radical (unpaired) electrons. The lowest BCUT2D eigenvalue weighted by molar-refractivity contribution is 0.163. The van der Waals surface area contributed by atoms with E-state index < -0.39 is 0 Å². The van der Waals surface area contributed by atoms with Crippen LogP contribution in [0.3, 0.4) is 0 Å². The molecule has 0 fully saturated rings. The molecule has 0 saturated carbocycles. The summed E-state index contributed by atoms with van der Waals surface area (Å²) in [6.07, 6.45) is 19.7. The third-order valence-electron chi connectivity index (χ3n) is 6.19. The number of hydrogen-bond acceptors (Lipinski definition) is 2. The number of unbranched alkanes of at least 4 members (excludes halogenated alkanes) is 13. The van der Waals surface area contributed by atoms with Crippen LogP contribution in [0.25, 0.3) is 0 Å². The fourth-order valence-electron chi connectivity index (χ4n) is 4.18. The Kier molecular flexibility index (Phi) is 13.8. The highest BCUT2D eigenvalue weighted by Crippen LogP contribution is 2.23. The molecule has 2 N–H and O–H groups in total. The van der Waals surface area contributed by atoms with Crippen molar-refractivity contribution in [3.63, 3.8) is 0 Å². The first-order chi connectivity index (χ1) is 15.3. The highest BCUT2D eigenvalue weighted by Gasteiger charge is 2.07. The van der Waals surface area contributed by atoms with Gasteiger partial charge in [0.05, 0.1) is 6.10 Å². The van der Waals surface area contributed by atoms with Crippen LogP contribution in [0.15, 0.2) is 54.6 Å². The first-order valence-corrected chi connectivity index (χ1v) is 12.9. The number of nitrogens with one attached hydrogen (secondary N) is 1. The van der Waals surface area contributed by atoms with Crippen molar-refractivity contribution in [1.29, 1.82) is 0 Å². The maximum atomic E-state index is 10.5. The molecule has 0 aliphatic carbocycles. The van der Waals surface area contributed by atoms with Gasteiger partial charge in [-0.15, -0.1) is 0 Å². The molecule has 2 nitrogen and oxygen atoms in total. The molecule has 2 heteroatoms. The van der Waals surface area contributed by atoms with Crippen LogP contribution in [0.2, 0.25) is 0 Å². The molecule has 0 aromatic heterocycles. The van der Waals surface area contributed by atoms with Crippen LogP contribution in [0.1, 0.15) is 115 Å². The number of rotatable bonds is 18. The largest absolute Gasteiger partial charge is 0.388 e. The van der Waals surface area contributed by atoms with Gasteiger partial charge in [0, 0.05) is 11.4 Å². The van der Waals surface area contributed by atoms with Crippen molar-refractivity contribution >= 4 is 11.4 Å². The van der Waals surface area contributed by atoms with Crippen molar-refractivity contribution in [2.45, 2.75) is 109 Å². The summed E-state index contributed by atoms with van der Waals surface area (Å²) in [6.45, 7) is 2.28. The first kappa shape index (κ1) is 25.5. The van der Waals surface area contributed by atoms with Gasteiger partial charge in [-0.3, -0.25) is 0 Å². The fraction of sp³-hybridized carbons (Fsp3) is 0.586. The summed E-state index contributed by atoms with van der Waals surface area (Å²) in [5, 5.41) is 13.9. The molecular formula is C29H45NO. The highest BCUT2D eigenvalue weighted by atomic mass is 16.3. The monoisotopic (exact) mass is 423 g/mol. The normalized spacial score (nSPS) is 12.1. The van der Waals surface area contributed by atoms with Crippen LogP contribution < -0.4 is 5.32 Å². The molecule has 1 unspecified atom stereocenters. The summed E-state index contributed by atoms with van der Waals surface area (Å²) >= 11 is 0. The second-order valence-electron chi connectivity index (χ2n) is 9.01. The van der Waals surface area contributed by atoms with Crippen molar-refractivity contribution in [3.8, 4) is 0 Å². The Morgan fingerprint density at radius 2 is 1.03 bits per heavy atom. The van der Waals surface area contributed by atoms with Crippen LogP contribution in [-0.2, 0) is 0 Å². The lowest BCUT2D eigenvalue weighted by atomic mass is 10.0. The zero-order valence-corrected chi connectivity index (χ0v) is 19.8. The molecule has 2 aromatic rings. The van der Waals surface area contributed by atoms with Crippen molar-refractivity contribution < 1.29 is 5.11 Å². The number of anilines is 2. The fourth-order valence-corrected chi connectivity index (χ4v) is 4.18. The van der Waals surface area contributed by atoms with Crippen molar-refractivity contribution in [3.05, 3.63) is 60.2 Å². The number of hydrogen-bond donors (Lipinski definition) is 2. The zero-order valence-electron chi connectivity index (χ0n) is 19.8. The van der Waals surface area contributed by atoms with E-state index in [0.29, 0.717) is 0 Å². The van der Waals surface area contributed by atoms with Crippen LogP contribution >= 0.6 is 0 Å². The SMILES string of the molecule is CCCCCCCCCCCCCCCCC(O)c1ccc(Nc2ccccc2)cc1. The van der Waals surface area contributed by atoms with Crippen LogP contribution in [0.5, 0.6) is 0 Å². The van der Waals surface area contributed by atoms with Crippen LogP contribution in [0.4, 0.5) is 11.4 Å². The summed E-state index contributed by atoms with van der Waals surface area (Å²) in [7, 11) is 0. The summed E-state index contributed by atoms with van der Waals surface area (Å²) in [5.74, 6) is 0. The number of para-hydroxylation sites is 1. The number of aliphatic hydroxyl groups excluding tert-OH is 1. The van der Waals surface area contributed by atoms with Gasteiger partial charge >= 0.3 is 0 Å². The summed E-state index contributed by atoms with van der Waals surface area (Å²) in [6, 6.07) is 18.4. The molecular weight excluding hydrogens is 378 g/mol. The Hall–Kier alpha value is -1.80. The lowest BCUT2D eigenvalue weighted by Gasteiger charge is -2.12. The minimum absolute atomic E-state index is 0.344. The first-order valence-electron chi connectivity index (χ1n) is 12.9. The molecule has 0 spiro atoms. The van der Waals surface area contributed by atoms with E-state index in [9.17, 15) is 5.11 Å². The third-order valence-corrected chi connectivity index (χ3v) is 6.19. The molecule has 0 aliphatic heterocycles. The Balaban J connectivity index is 1.45. The second-order valence-corrected chi connectivity index (χ2v) is 9.01. The van der Waals surface area contributed by atoms with Gasteiger partial charge in [0.2, 0.25) is 0 Å². The van der Waals surface area contributed by atoms with Crippen molar-refractivity contribution in [1.82, 2.24) is 0 Å². The molecule has 31 heavy (non-hydrogen) atoms. The quantitative estimate of drug-likeness (QED) is 0.234. The second kappa shape index (κ2) is 16.8. The minimum Gasteiger partial charge on any atom is -0.388 e. The predicted molar refractivity (Wildman–Crippen MR) is 136 cm³/mol. The van der Waals surface area contributed by atoms with E-state index in [1.165, 1.54) is 83.5 Å². The van der Waals surface area contributed by atoms with Gasteiger partial charge in [-0.2, -0.15) is 0 Å². The molecule has 2 aromatic carbocycles. The average Bonchev–Trinajstić information content (AvgIpc) is 2.80. The van der Waals surface area contributed by atoms with Crippen molar-refractivity contribution in [2.75, 3.05) is 5.32 Å². The van der Waals surface area contributed by atoms with E-state index in [-0.39, 0.29) is 6.10 Å². The predicted octanol–water partition coefficient (Wildman–Crippen LogP) is 9.33. The number of benzene rings is 2. The Labute approximate surface area is 191 Å². The minimum atomic E-state index is -0.344. The molecule has 0 saturated heterocycles. The molecule has 0 heterocycles. The van der Waals surface area contributed by atoms with E-state index >= 15 is 0 Å². The van der Waals surface area contributed by atoms with E-state index in [2.05, 4.69) is 36.5 Å². The smallest absolute Gasteiger partial charge is 0.0790 e. The van der Waals surface area contributed by atoms with Gasteiger partial charge in [-0.05, 0) is 36.2 Å². The molecule has 172 valence electrons. The summed E-state index contributed by atoms with van der Waals surface area (Å²) in [4.78, 5) is 0. The highest BCUT2D eigenvalue weighted by molar-refractivity contribution is 5.59. The van der Waals surface area contributed by atoms with Gasteiger partial charge in [0.1, 0.15) is 0 Å². The number of aliphatic hydroxyl groups is 1. The Morgan fingerprint density at radius 1 is 0.581 bits per heavy atom. The van der Waals surface area contributed by atoms with E-state index in [1.54, 1.807) is 0 Å². The van der Waals surface area contributed by atoms with E-state index in [0.717, 1.165) is 29.8 Å². The molecule has 2 rings (SSSR count). The topological polar surface area (TPSA) is 32.3 Å². The maximum Gasteiger partial charge on any atom is 0.0790 e. The summed E-state index contributed by atoms with van der Waals surface area (Å²) < 4.78 is 0. The lowest BCUT2D eigenvalue weighted by Crippen LogP contribution is -1.98. The van der Waals surface area contributed by atoms with Gasteiger partial charge in [0.25, 0.3) is 0 Å². The van der Waals surface area contributed by atoms with Gasteiger partial charge in [-0.25, -0.2) is 0 Å². The Morgan fingerprint density at radius 3 is 1.55 bits per heavy atom. The van der Waals surface area contributed by atoms with Gasteiger partial charge in [0.15, 0.2) is 0 Å². The Bertz CT molecular complexity index is 652. The summed E-state index contributed by atoms with van der Waals surface area (Å²) in [5.41, 5.74) is 3.16. The standard InChI is InChI=1S/C29H45NO/c1-2-3-4-5-6-7-8-9-10-11-12-13-14-18-21-29(31)26-22-24-28(25-23-26)30-27-19-16-15-17-20-27/h15-17,19-20,22-25,29-31H,2-14,18,21H2,1H3. The van der Waals surface area contributed by atoms with Gasteiger partial charge < -0.3 is 10.4 Å². The molecule has 0 amide bonds. The van der Waals surface area contributed by atoms with Crippen LogP contribution in [0, 0.1) is 0 Å².